The smallest absolute Gasteiger partial charge is 0.309 e. The van der Waals surface area contributed by atoms with E-state index in [9.17, 15) is 39.6 Å². The van der Waals surface area contributed by atoms with Gasteiger partial charge in [0.1, 0.15) is 28.6 Å². The quantitative estimate of drug-likeness (QED) is 0.200. The molecule has 0 saturated heterocycles. The van der Waals surface area contributed by atoms with Crippen LogP contribution in [0.2, 0.25) is 0 Å². The Labute approximate surface area is 266 Å². The lowest BCUT2D eigenvalue weighted by Crippen LogP contribution is -2.58. The number of aromatic hydroxyl groups is 1. The third kappa shape index (κ3) is 5.22. The van der Waals surface area contributed by atoms with Gasteiger partial charge in [-0.15, -0.1) is 0 Å². The van der Waals surface area contributed by atoms with Crippen LogP contribution in [-0.2, 0) is 36.8 Å². The molecule has 0 spiro atoms. The number of methoxy groups -OCH3 is 1. The van der Waals surface area contributed by atoms with Gasteiger partial charge in [-0.2, -0.15) is 0 Å². The Morgan fingerprint density at radius 2 is 1.78 bits per heavy atom. The molecule has 46 heavy (non-hydrogen) atoms. The Kier molecular flexibility index (Phi) is 8.74. The number of amides is 1. The number of ether oxygens (including phenoxy) is 2. The summed E-state index contributed by atoms with van der Waals surface area (Å²) in [7, 11) is 1.53. The molecule has 1 unspecified atom stereocenters. The number of benzene rings is 2. The molecule has 1 amide bonds. The first-order valence-electron chi connectivity index (χ1n) is 15.4. The van der Waals surface area contributed by atoms with Crippen molar-refractivity contribution in [1.82, 2.24) is 0 Å². The van der Waals surface area contributed by atoms with Crippen LogP contribution < -0.4 is 10.5 Å². The number of nitrogens with two attached hydrogens (primary N) is 1. The molecule has 1 fully saturated rings. The third-order valence-corrected chi connectivity index (χ3v) is 9.64. The molecular weight excluding hydrogens is 594 g/mol. The van der Waals surface area contributed by atoms with Crippen molar-refractivity contribution in [3.63, 3.8) is 0 Å². The maximum Gasteiger partial charge on any atom is 0.309 e. The molecule has 3 aliphatic rings. The molecule has 0 aromatic heterocycles. The van der Waals surface area contributed by atoms with E-state index in [0.717, 1.165) is 5.56 Å². The molecule has 244 valence electrons. The average molecular weight is 634 g/mol. The van der Waals surface area contributed by atoms with Crippen LogP contribution in [0.3, 0.4) is 0 Å². The zero-order valence-corrected chi connectivity index (χ0v) is 26.3. The number of hydrogen-bond acceptors (Lipinski definition) is 10. The van der Waals surface area contributed by atoms with Crippen LogP contribution in [0.25, 0.3) is 16.9 Å². The molecule has 0 heterocycles. The molecule has 4 atom stereocenters. The van der Waals surface area contributed by atoms with Gasteiger partial charge in [0, 0.05) is 23.5 Å². The highest BCUT2D eigenvalue weighted by atomic mass is 16.5. The maximum absolute atomic E-state index is 13.8. The van der Waals surface area contributed by atoms with Crippen molar-refractivity contribution in [2.45, 2.75) is 58.5 Å². The first-order chi connectivity index (χ1) is 21.8. The second-order valence-corrected chi connectivity index (χ2v) is 12.6. The minimum Gasteiger partial charge on any atom is -0.508 e. The van der Waals surface area contributed by atoms with Crippen molar-refractivity contribution >= 4 is 29.2 Å². The molecule has 11 heteroatoms. The number of primary amides is 1. The average Bonchev–Trinajstić information content (AvgIpc) is 2.99. The molecule has 3 aliphatic carbocycles. The van der Waals surface area contributed by atoms with Crippen molar-refractivity contribution in [3.05, 3.63) is 63.9 Å². The van der Waals surface area contributed by atoms with E-state index in [4.69, 9.17) is 15.2 Å². The van der Waals surface area contributed by atoms with Gasteiger partial charge in [-0.3, -0.25) is 19.2 Å². The highest BCUT2D eigenvalue weighted by Crippen LogP contribution is 2.53. The van der Waals surface area contributed by atoms with Crippen LogP contribution in [0, 0.1) is 23.7 Å². The number of phenols is 1. The minimum absolute atomic E-state index is 0.000677. The van der Waals surface area contributed by atoms with Gasteiger partial charge in [0.25, 0.3) is 5.91 Å². The molecule has 2 aromatic carbocycles. The first kappa shape index (κ1) is 32.7. The van der Waals surface area contributed by atoms with E-state index in [-0.39, 0.29) is 47.5 Å². The Morgan fingerprint density at radius 1 is 1.07 bits per heavy atom. The Balaban J connectivity index is 1.58. The summed E-state index contributed by atoms with van der Waals surface area (Å²) in [6, 6.07) is 8.74. The largest absolute Gasteiger partial charge is 0.508 e. The van der Waals surface area contributed by atoms with Gasteiger partial charge in [0.15, 0.2) is 11.4 Å². The van der Waals surface area contributed by atoms with E-state index in [1.165, 1.54) is 13.2 Å². The summed E-state index contributed by atoms with van der Waals surface area (Å²) in [6.45, 7) is 6.04. The van der Waals surface area contributed by atoms with Crippen LogP contribution in [-0.4, -0.2) is 63.2 Å². The van der Waals surface area contributed by atoms with Crippen LogP contribution in [0.15, 0.2) is 47.2 Å². The lowest BCUT2D eigenvalue weighted by atomic mass is 9.59. The second-order valence-electron chi connectivity index (χ2n) is 12.6. The Bertz CT molecular complexity index is 1700. The van der Waals surface area contributed by atoms with E-state index < -0.39 is 58.4 Å². The van der Waals surface area contributed by atoms with Gasteiger partial charge in [0.2, 0.25) is 5.78 Å². The molecule has 5 rings (SSSR count). The van der Waals surface area contributed by atoms with E-state index in [1.54, 1.807) is 13.0 Å². The number of aryl methyl sites for hydroxylation is 1. The number of carbonyl (C=O) groups excluding carboxylic acids is 4. The molecule has 6 N–H and O–H groups in total. The fourth-order valence-corrected chi connectivity index (χ4v) is 7.29. The molecule has 0 bridgehead atoms. The monoisotopic (exact) mass is 633 g/mol. The van der Waals surface area contributed by atoms with Crippen LogP contribution in [0.1, 0.15) is 56.7 Å². The zero-order valence-electron chi connectivity index (χ0n) is 26.3. The highest BCUT2D eigenvalue weighted by molar-refractivity contribution is 6.22. The van der Waals surface area contributed by atoms with E-state index in [0.29, 0.717) is 41.9 Å². The number of fused-ring (bicyclic) bond motifs is 3. The summed E-state index contributed by atoms with van der Waals surface area (Å²) in [4.78, 5) is 51.0. The number of aliphatic hydroxyl groups is 3. The summed E-state index contributed by atoms with van der Waals surface area (Å²) in [6.07, 6.45) is 0.927. The number of ketones is 2. The second kappa shape index (κ2) is 12.3. The molecule has 1 saturated carbocycles. The van der Waals surface area contributed by atoms with Crippen molar-refractivity contribution in [2.75, 3.05) is 13.7 Å². The summed E-state index contributed by atoms with van der Waals surface area (Å²) in [5, 5.41) is 44.8. The Hall–Kier alpha value is -4.64. The molecular formula is C35H39NO10. The predicted octanol–water partition coefficient (Wildman–Crippen LogP) is 3.87. The number of Topliss-reactive ketones (excluding diaryl/α,β-unsaturated/α-hetero) is 2. The molecule has 0 radical (unpaired) electrons. The van der Waals surface area contributed by atoms with Gasteiger partial charge in [-0.25, -0.2) is 0 Å². The number of phenolic OH excluding ortho intramolecular Hbond substituents is 1. The third-order valence-electron chi connectivity index (χ3n) is 9.64. The van der Waals surface area contributed by atoms with Crippen LogP contribution in [0.5, 0.6) is 11.5 Å². The van der Waals surface area contributed by atoms with Gasteiger partial charge < -0.3 is 35.6 Å². The first-order valence-corrected chi connectivity index (χ1v) is 15.4. The summed E-state index contributed by atoms with van der Waals surface area (Å²) >= 11 is 0. The number of aliphatic hydroxyl groups excluding tert-OH is 2. The van der Waals surface area contributed by atoms with Crippen molar-refractivity contribution < 1.29 is 49.1 Å². The van der Waals surface area contributed by atoms with Crippen LogP contribution in [0.4, 0.5) is 0 Å². The number of esters is 1. The lowest BCUT2D eigenvalue weighted by Gasteiger charge is -2.46. The van der Waals surface area contributed by atoms with Crippen molar-refractivity contribution in [3.8, 4) is 22.6 Å². The Morgan fingerprint density at radius 3 is 2.41 bits per heavy atom. The predicted molar refractivity (Wildman–Crippen MR) is 167 cm³/mol. The van der Waals surface area contributed by atoms with Gasteiger partial charge in [-0.1, -0.05) is 26.0 Å². The summed E-state index contributed by atoms with van der Waals surface area (Å²) < 4.78 is 11.0. The van der Waals surface area contributed by atoms with Gasteiger partial charge in [0.05, 0.1) is 25.2 Å². The zero-order chi connectivity index (χ0) is 33.7. The van der Waals surface area contributed by atoms with Crippen LogP contribution >= 0.6 is 0 Å². The summed E-state index contributed by atoms with van der Waals surface area (Å²) in [5.74, 6) is -6.71. The van der Waals surface area contributed by atoms with E-state index in [2.05, 4.69) is 0 Å². The molecule has 2 aromatic rings. The number of carbonyl (C=O) groups is 4. The number of rotatable bonds is 9. The van der Waals surface area contributed by atoms with Crippen molar-refractivity contribution in [2.24, 2.45) is 29.4 Å². The summed E-state index contributed by atoms with van der Waals surface area (Å²) in [5.41, 5.74) is 4.37. The molecule has 11 nitrogen and oxygen atoms in total. The van der Waals surface area contributed by atoms with Gasteiger partial charge in [-0.05, 0) is 79.3 Å². The molecule has 0 aliphatic heterocycles. The topological polar surface area (TPSA) is 194 Å². The van der Waals surface area contributed by atoms with Gasteiger partial charge >= 0.3 is 5.97 Å². The fraction of sp³-hybridized carbons (Fsp3) is 0.429. The standard InChI is InChI=1S/C35H39NO10/c1-5-46-34(43)20(16(2)3)8-6-17-7-11-26(45-4)22(12-17)21-9-10-24(37)28-23(21)14-18-13-19-15-25(38)29(33(36)42)32(41)35(19,44)31(40)27(18)30(28)39/h7,9-12,16,18-20,37,39,41,44H,5-6,8,13-15H2,1-4H3,(H2,36,42)/t18-,19+,20?,35+/m1/s1. The maximum atomic E-state index is 13.8. The minimum atomic E-state index is -2.63. The normalized spacial score (nSPS) is 23.1. The van der Waals surface area contributed by atoms with E-state index >= 15 is 0 Å². The highest BCUT2D eigenvalue weighted by Gasteiger charge is 2.60. The fourth-order valence-electron chi connectivity index (χ4n) is 7.29. The van der Waals surface area contributed by atoms with Crippen molar-refractivity contribution in [1.29, 1.82) is 0 Å². The van der Waals surface area contributed by atoms with E-state index in [1.807, 2.05) is 32.0 Å². The SMILES string of the molecule is CCOC(=O)C(CCc1ccc(OC)c(-c2ccc(O)c3c2C[C@H]2C[C@H]4CC(=O)C(C(N)=O)=C(O)[C@@]4(O)C(=O)C2=C3O)c1)C(C)C. The number of hydrogen-bond donors (Lipinski definition) is 5. The lowest BCUT2D eigenvalue weighted by molar-refractivity contribution is -0.150.